The number of hydrogen-bond acceptors (Lipinski definition) is 4. The van der Waals surface area contributed by atoms with Gasteiger partial charge in [0.2, 0.25) is 5.92 Å². The van der Waals surface area contributed by atoms with Crippen molar-refractivity contribution < 1.29 is 8.78 Å². The molecule has 1 aromatic carbocycles. The predicted octanol–water partition coefficient (Wildman–Crippen LogP) is 4.71. The summed E-state index contributed by atoms with van der Waals surface area (Å²) in [7, 11) is 0. The van der Waals surface area contributed by atoms with Crippen molar-refractivity contribution in [3.8, 4) is 0 Å². The van der Waals surface area contributed by atoms with E-state index in [2.05, 4.69) is 27.5 Å². The number of H-pyrrole nitrogens is 1. The molecule has 25 heavy (non-hydrogen) atoms. The van der Waals surface area contributed by atoms with E-state index in [0.29, 0.717) is 25.9 Å². The molecule has 4 N–H and O–H groups in total. The first-order valence-corrected chi connectivity index (χ1v) is 9.41. The van der Waals surface area contributed by atoms with Crippen molar-refractivity contribution in [2.75, 3.05) is 0 Å². The molecule has 7 heteroatoms. The molecular weight excluding hydrogens is 342 g/mol. The van der Waals surface area contributed by atoms with Gasteiger partial charge in [-0.05, 0) is 30.5 Å². The molecule has 0 spiro atoms. The fraction of sp³-hybridized carbons (Fsp3) is 0.611. The SMILES string of the molecule is C1CC1.FC1(F)CCCCC1.NCc1ccc2nc(CNS)[nH]c2c1. The molecule has 0 amide bonds. The first-order valence-electron chi connectivity index (χ1n) is 8.96. The molecule has 2 fully saturated rings. The van der Waals surface area contributed by atoms with E-state index in [1.54, 1.807) is 0 Å². The van der Waals surface area contributed by atoms with Gasteiger partial charge in [0, 0.05) is 19.4 Å². The van der Waals surface area contributed by atoms with Crippen LogP contribution in [-0.2, 0) is 13.1 Å². The Hall–Kier alpha value is -1.18. The van der Waals surface area contributed by atoms with Crippen LogP contribution in [0.2, 0.25) is 0 Å². The number of nitrogens with one attached hydrogen (secondary N) is 2. The summed E-state index contributed by atoms with van der Waals surface area (Å²) in [5.74, 6) is -1.44. The van der Waals surface area contributed by atoms with Gasteiger partial charge in [0.1, 0.15) is 5.82 Å². The lowest BCUT2D eigenvalue weighted by Crippen LogP contribution is -2.18. The van der Waals surface area contributed by atoms with E-state index in [9.17, 15) is 8.78 Å². The van der Waals surface area contributed by atoms with Gasteiger partial charge in [0.25, 0.3) is 0 Å². The molecule has 0 unspecified atom stereocenters. The lowest BCUT2D eigenvalue weighted by atomic mass is 9.97. The van der Waals surface area contributed by atoms with Gasteiger partial charge >= 0.3 is 0 Å². The lowest BCUT2D eigenvalue weighted by Gasteiger charge is -2.20. The number of hydrogen-bond donors (Lipinski definition) is 4. The quantitative estimate of drug-likeness (QED) is 0.592. The Morgan fingerprint density at radius 2 is 1.76 bits per heavy atom. The molecule has 0 radical (unpaired) electrons. The van der Waals surface area contributed by atoms with E-state index < -0.39 is 5.92 Å². The summed E-state index contributed by atoms with van der Waals surface area (Å²) in [5.41, 5.74) is 8.63. The Morgan fingerprint density at radius 3 is 2.24 bits per heavy atom. The Balaban J connectivity index is 0.000000171. The largest absolute Gasteiger partial charge is 0.341 e. The van der Waals surface area contributed by atoms with Gasteiger partial charge in [0.15, 0.2) is 0 Å². The van der Waals surface area contributed by atoms with Gasteiger partial charge in [-0.2, -0.15) is 0 Å². The van der Waals surface area contributed by atoms with E-state index in [1.165, 1.54) is 19.3 Å². The Morgan fingerprint density at radius 1 is 1.12 bits per heavy atom. The predicted molar refractivity (Wildman–Crippen MR) is 102 cm³/mol. The normalized spacial score (nSPS) is 17.9. The van der Waals surface area contributed by atoms with E-state index in [4.69, 9.17) is 5.73 Å². The van der Waals surface area contributed by atoms with Crippen LogP contribution >= 0.6 is 12.8 Å². The van der Waals surface area contributed by atoms with Crippen LogP contribution in [0.1, 0.15) is 62.8 Å². The number of alkyl halides is 2. The second-order valence-corrected chi connectivity index (χ2v) is 6.87. The number of rotatable bonds is 3. The summed E-state index contributed by atoms with van der Waals surface area (Å²) in [6.07, 6.45) is 7.16. The van der Waals surface area contributed by atoms with Crippen molar-refractivity contribution in [3.63, 3.8) is 0 Å². The minimum absolute atomic E-state index is 0.118. The van der Waals surface area contributed by atoms with Crippen molar-refractivity contribution in [2.24, 2.45) is 5.73 Å². The maximum atomic E-state index is 12.2. The van der Waals surface area contributed by atoms with Crippen molar-refractivity contribution in [2.45, 2.75) is 70.4 Å². The second-order valence-electron chi connectivity index (χ2n) is 6.55. The van der Waals surface area contributed by atoms with Crippen molar-refractivity contribution >= 4 is 23.8 Å². The highest BCUT2D eigenvalue weighted by Gasteiger charge is 2.30. The molecule has 2 aliphatic rings. The molecule has 0 atom stereocenters. The molecule has 0 aliphatic heterocycles. The summed E-state index contributed by atoms with van der Waals surface area (Å²) in [5, 5.41) is 0. The summed E-state index contributed by atoms with van der Waals surface area (Å²) >= 11 is 3.92. The Kier molecular flexibility index (Phi) is 8.12. The van der Waals surface area contributed by atoms with Crippen LogP contribution in [0.3, 0.4) is 0 Å². The molecule has 1 aromatic heterocycles. The van der Waals surface area contributed by atoms with Crippen LogP contribution in [-0.4, -0.2) is 15.9 Å². The number of benzene rings is 1. The first kappa shape index (κ1) is 20.1. The smallest absolute Gasteiger partial charge is 0.248 e. The molecule has 2 saturated carbocycles. The molecule has 4 rings (SSSR count). The van der Waals surface area contributed by atoms with Gasteiger partial charge in [-0.3, -0.25) is 4.72 Å². The average Bonchev–Trinajstić information content (AvgIpc) is 3.42. The Bertz CT molecular complexity index is 632. The third-order valence-electron chi connectivity index (χ3n) is 4.02. The van der Waals surface area contributed by atoms with Gasteiger partial charge < -0.3 is 10.7 Å². The van der Waals surface area contributed by atoms with Crippen LogP contribution in [0.5, 0.6) is 0 Å². The van der Waals surface area contributed by atoms with Crippen molar-refractivity contribution in [3.05, 3.63) is 29.6 Å². The number of halogens is 2. The van der Waals surface area contributed by atoms with Gasteiger partial charge in [-0.25, -0.2) is 13.8 Å². The molecule has 0 saturated heterocycles. The highest BCUT2D eigenvalue weighted by Crippen LogP contribution is 2.32. The summed E-state index contributed by atoms with van der Waals surface area (Å²) in [6.45, 7) is 1.17. The van der Waals surface area contributed by atoms with E-state index >= 15 is 0 Å². The molecular formula is C18H28F2N4S. The summed E-state index contributed by atoms with van der Waals surface area (Å²) in [6, 6.07) is 5.97. The van der Waals surface area contributed by atoms with Crippen molar-refractivity contribution in [1.29, 1.82) is 0 Å². The number of aromatic amines is 1. The molecule has 1 heterocycles. The average molecular weight is 371 g/mol. The molecule has 140 valence electrons. The van der Waals surface area contributed by atoms with Crippen LogP contribution in [0, 0.1) is 0 Å². The van der Waals surface area contributed by atoms with Crippen LogP contribution in [0.4, 0.5) is 8.78 Å². The zero-order chi connectivity index (χ0) is 18.1. The number of nitrogens with two attached hydrogens (primary N) is 1. The minimum Gasteiger partial charge on any atom is -0.341 e. The highest BCUT2D eigenvalue weighted by atomic mass is 32.1. The van der Waals surface area contributed by atoms with Crippen LogP contribution < -0.4 is 10.5 Å². The highest BCUT2D eigenvalue weighted by molar-refractivity contribution is 7.78. The fourth-order valence-corrected chi connectivity index (χ4v) is 2.61. The minimum atomic E-state index is -2.32. The number of aromatic nitrogens is 2. The summed E-state index contributed by atoms with van der Waals surface area (Å²) < 4.78 is 27.2. The monoisotopic (exact) mass is 370 g/mol. The Labute approximate surface area is 153 Å². The molecule has 2 aromatic rings. The zero-order valence-corrected chi connectivity index (χ0v) is 15.4. The topological polar surface area (TPSA) is 66.7 Å². The van der Waals surface area contributed by atoms with Crippen LogP contribution in [0.15, 0.2) is 18.2 Å². The third-order valence-corrected chi connectivity index (χ3v) is 4.17. The van der Waals surface area contributed by atoms with E-state index in [0.717, 1.165) is 28.8 Å². The van der Waals surface area contributed by atoms with E-state index in [1.807, 2.05) is 18.2 Å². The number of nitrogens with zero attached hydrogens (tertiary/aromatic N) is 1. The summed E-state index contributed by atoms with van der Waals surface area (Å²) in [4.78, 5) is 7.56. The molecule has 4 nitrogen and oxygen atoms in total. The fourth-order valence-electron chi connectivity index (χ4n) is 2.46. The first-order chi connectivity index (χ1) is 12.0. The van der Waals surface area contributed by atoms with E-state index in [-0.39, 0.29) is 12.8 Å². The maximum Gasteiger partial charge on any atom is 0.248 e. The molecule has 0 bridgehead atoms. The van der Waals surface area contributed by atoms with Crippen LogP contribution in [0.25, 0.3) is 11.0 Å². The van der Waals surface area contributed by atoms with Gasteiger partial charge in [-0.15, -0.1) is 0 Å². The number of imidazole rings is 1. The number of thiol groups is 1. The standard InChI is InChI=1S/C9H12N4S.C6H10F2.C3H6/c10-4-6-1-2-7-8(3-6)13-9(12-7)5-11-14;7-6(8)4-2-1-3-5-6;1-2-3-1/h1-3,11,14H,4-5,10H2,(H,12,13);1-5H2;1-3H2. The second kappa shape index (κ2) is 10.1. The number of fused-ring (bicyclic) bond motifs is 1. The third kappa shape index (κ3) is 7.71. The molecule has 2 aliphatic carbocycles. The van der Waals surface area contributed by atoms with Gasteiger partial charge in [-0.1, -0.05) is 44.6 Å². The van der Waals surface area contributed by atoms with Crippen molar-refractivity contribution in [1.82, 2.24) is 14.7 Å². The van der Waals surface area contributed by atoms with Gasteiger partial charge in [0.05, 0.1) is 17.6 Å². The maximum absolute atomic E-state index is 12.2. The zero-order valence-electron chi connectivity index (χ0n) is 14.5. The lowest BCUT2D eigenvalue weighted by molar-refractivity contribution is -0.0337.